The van der Waals surface area contributed by atoms with E-state index in [9.17, 15) is 9.59 Å². The van der Waals surface area contributed by atoms with Gasteiger partial charge in [0, 0.05) is 59.5 Å². The molecular weight excluding hydrogens is 350 g/mol. The number of carbonyl (C=O) groups excluding carboxylic acids is 1. The molecule has 5 nitrogen and oxygen atoms in total. The molecule has 144 valence electrons. The SMILES string of the molecule is Cc1ccc2c(C(=O)CN3C[C@@H]4C[C@H](C3)c3cccc(=O)n3C4)c(C)[nH]c2c1. The number of benzene rings is 1. The van der Waals surface area contributed by atoms with Crippen molar-refractivity contribution < 1.29 is 4.79 Å². The van der Waals surface area contributed by atoms with Crippen LogP contribution < -0.4 is 5.56 Å². The largest absolute Gasteiger partial charge is 0.358 e. The molecule has 0 radical (unpaired) electrons. The summed E-state index contributed by atoms with van der Waals surface area (Å²) >= 11 is 0. The molecule has 2 atom stereocenters. The van der Waals surface area contributed by atoms with Crippen molar-refractivity contribution in [1.82, 2.24) is 14.5 Å². The molecule has 2 aliphatic rings. The number of aromatic amines is 1. The summed E-state index contributed by atoms with van der Waals surface area (Å²) in [6.45, 7) is 6.96. The number of aryl methyl sites for hydroxylation is 2. The summed E-state index contributed by atoms with van der Waals surface area (Å²) in [5.74, 6) is 0.949. The van der Waals surface area contributed by atoms with Gasteiger partial charge < -0.3 is 9.55 Å². The fourth-order valence-corrected chi connectivity index (χ4v) is 5.21. The summed E-state index contributed by atoms with van der Waals surface area (Å²) in [5, 5.41) is 1.02. The number of H-pyrrole nitrogens is 1. The van der Waals surface area contributed by atoms with E-state index >= 15 is 0 Å². The smallest absolute Gasteiger partial charge is 0.250 e. The third-order valence-electron chi connectivity index (χ3n) is 6.34. The minimum Gasteiger partial charge on any atom is -0.358 e. The molecule has 2 bridgehead atoms. The van der Waals surface area contributed by atoms with Crippen LogP contribution in [0, 0.1) is 19.8 Å². The van der Waals surface area contributed by atoms with Crippen molar-refractivity contribution >= 4 is 16.7 Å². The number of rotatable bonds is 3. The van der Waals surface area contributed by atoms with Gasteiger partial charge in [-0.25, -0.2) is 0 Å². The Morgan fingerprint density at radius 1 is 1.14 bits per heavy atom. The van der Waals surface area contributed by atoms with Gasteiger partial charge in [0.05, 0.1) is 6.54 Å². The number of aromatic nitrogens is 2. The molecule has 0 unspecified atom stereocenters. The van der Waals surface area contributed by atoms with Gasteiger partial charge >= 0.3 is 0 Å². The van der Waals surface area contributed by atoms with Crippen LogP contribution in [0.5, 0.6) is 0 Å². The molecule has 1 saturated heterocycles. The minimum atomic E-state index is 0.0986. The number of pyridine rings is 1. The van der Waals surface area contributed by atoms with E-state index in [1.807, 2.05) is 17.6 Å². The molecule has 5 rings (SSSR count). The first-order valence-electron chi connectivity index (χ1n) is 10.0. The Morgan fingerprint density at radius 3 is 2.86 bits per heavy atom. The summed E-state index contributed by atoms with van der Waals surface area (Å²) in [6.07, 6.45) is 1.11. The van der Waals surface area contributed by atoms with Gasteiger partial charge in [-0.1, -0.05) is 18.2 Å². The minimum absolute atomic E-state index is 0.0986. The zero-order chi connectivity index (χ0) is 19.4. The molecule has 1 aromatic carbocycles. The number of Topliss-reactive ketones (excluding diaryl/α,β-unsaturated/α-hetero) is 1. The molecule has 3 aromatic rings. The topological polar surface area (TPSA) is 58.1 Å². The second-order valence-electron chi connectivity index (χ2n) is 8.49. The monoisotopic (exact) mass is 375 g/mol. The number of fused-ring (bicyclic) bond motifs is 5. The molecule has 0 aliphatic carbocycles. The fraction of sp³-hybridized carbons (Fsp3) is 0.391. The average molecular weight is 375 g/mol. The van der Waals surface area contributed by atoms with E-state index in [1.165, 1.54) is 5.56 Å². The lowest BCUT2D eigenvalue weighted by atomic mass is 9.83. The highest BCUT2D eigenvalue weighted by Crippen LogP contribution is 2.35. The van der Waals surface area contributed by atoms with Gasteiger partial charge in [0.25, 0.3) is 5.56 Å². The highest BCUT2D eigenvalue weighted by Gasteiger charge is 2.35. The molecule has 1 N–H and O–H groups in total. The van der Waals surface area contributed by atoms with Crippen LogP contribution in [-0.4, -0.2) is 39.9 Å². The molecule has 5 heteroatoms. The second-order valence-corrected chi connectivity index (χ2v) is 8.49. The van der Waals surface area contributed by atoms with Gasteiger partial charge in [-0.15, -0.1) is 0 Å². The number of nitrogens with zero attached hydrogens (tertiary/aromatic N) is 2. The highest BCUT2D eigenvalue weighted by atomic mass is 16.1. The predicted molar refractivity (Wildman–Crippen MR) is 110 cm³/mol. The molecule has 0 spiro atoms. The summed E-state index contributed by atoms with van der Waals surface area (Å²) in [5.41, 5.74) is 5.21. The Morgan fingerprint density at radius 2 is 2.00 bits per heavy atom. The normalized spacial score (nSPS) is 21.6. The molecule has 2 aliphatic heterocycles. The summed E-state index contributed by atoms with van der Waals surface area (Å²) in [4.78, 5) is 31.0. The van der Waals surface area contributed by atoms with Gasteiger partial charge in [-0.2, -0.15) is 0 Å². The van der Waals surface area contributed by atoms with Crippen molar-refractivity contribution in [2.75, 3.05) is 19.6 Å². The van der Waals surface area contributed by atoms with Gasteiger partial charge in [-0.3, -0.25) is 14.5 Å². The molecule has 4 heterocycles. The van der Waals surface area contributed by atoms with E-state index in [-0.39, 0.29) is 11.3 Å². The lowest BCUT2D eigenvalue weighted by molar-refractivity contribution is 0.0818. The van der Waals surface area contributed by atoms with Crippen molar-refractivity contribution in [2.45, 2.75) is 32.7 Å². The molecule has 2 aromatic heterocycles. The number of hydrogen-bond donors (Lipinski definition) is 1. The first kappa shape index (κ1) is 17.4. The third kappa shape index (κ3) is 2.81. The average Bonchev–Trinajstić information content (AvgIpc) is 2.97. The fourth-order valence-electron chi connectivity index (χ4n) is 5.21. The number of carbonyl (C=O) groups is 1. The molecule has 1 fully saturated rings. The first-order valence-corrected chi connectivity index (χ1v) is 10.0. The molecule has 0 amide bonds. The Hall–Kier alpha value is -2.66. The molecule has 0 saturated carbocycles. The number of likely N-dealkylation sites (tertiary alicyclic amines) is 1. The van der Waals surface area contributed by atoms with Crippen LogP contribution in [0.4, 0.5) is 0 Å². The summed E-state index contributed by atoms with van der Waals surface area (Å²) in [7, 11) is 0. The first-order chi connectivity index (χ1) is 13.5. The zero-order valence-electron chi connectivity index (χ0n) is 16.4. The van der Waals surface area contributed by atoms with Gasteiger partial charge in [0.1, 0.15) is 0 Å². The van der Waals surface area contributed by atoms with E-state index < -0.39 is 0 Å². The Labute approximate surface area is 164 Å². The highest BCUT2D eigenvalue weighted by molar-refractivity contribution is 6.10. The van der Waals surface area contributed by atoms with Crippen LogP contribution in [0.2, 0.25) is 0 Å². The van der Waals surface area contributed by atoms with Crippen molar-refractivity contribution in [2.24, 2.45) is 5.92 Å². The van der Waals surface area contributed by atoms with E-state index in [2.05, 4.69) is 41.1 Å². The number of nitrogens with one attached hydrogen (secondary N) is 1. The van der Waals surface area contributed by atoms with Gasteiger partial charge in [0.15, 0.2) is 5.78 Å². The van der Waals surface area contributed by atoms with Gasteiger partial charge in [-0.05, 0) is 43.9 Å². The predicted octanol–water partition coefficient (Wildman–Crippen LogP) is 3.25. The maximum absolute atomic E-state index is 13.2. The van der Waals surface area contributed by atoms with Crippen molar-refractivity contribution in [1.29, 1.82) is 0 Å². The maximum atomic E-state index is 13.2. The number of piperidine rings is 1. The van der Waals surface area contributed by atoms with Crippen LogP contribution in [0.3, 0.4) is 0 Å². The quantitative estimate of drug-likeness (QED) is 0.715. The van der Waals surface area contributed by atoms with E-state index in [0.29, 0.717) is 18.4 Å². The maximum Gasteiger partial charge on any atom is 0.250 e. The lowest BCUT2D eigenvalue weighted by Gasteiger charge is -2.42. The number of hydrogen-bond acceptors (Lipinski definition) is 3. The van der Waals surface area contributed by atoms with Crippen molar-refractivity contribution in [3.63, 3.8) is 0 Å². The molecular formula is C23H25N3O2. The van der Waals surface area contributed by atoms with Crippen LogP contribution in [0.1, 0.15) is 39.6 Å². The third-order valence-corrected chi connectivity index (χ3v) is 6.34. The van der Waals surface area contributed by atoms with Crippen LogP contribution in [0.15, 0.2) is 41.2 Å². The van der Waals surface area contributed by atoms with Crippen LogP contribution in [0.25, 0.3) is 10.9 Å². The van der Waals surface area contributed by atoms with Crippen molar-refractivity contribution in [3.8, 4) is 0 Å². The summed E-state index contributed by atoms with van der Waals surface area (Å²) < 4.78 is 1.93. The van der Waals surface area contributed by atoms with Crippen LogP contribution >= 0.6 is 0 Å². The lowest BCUT2D eigenvalue weighted by Crippen LogP contribution is -2.48. The standard InChI is InChI=1S/C23H25N3O2/c1-14-6-7-18-19(8-14)24-15(2)23(18)21(27)13-25-10-16-9-17(12-25)20-4-3-5-22(28)26(20)11-16/h3-8,16-17,24H,9-13H2,1-2H3/t16-,17+/m0/s1. The van der Waals surface area contributed by atoms with Crippen LogP contribution in [-0.2, 0) is 6.54 Å². The Bertz CT molecular complexity index is 1140. The van der Waals surface area contributed by atoms with E-state index in [0.717, 1.165) is 53.9 Å². The van der Waals surface area contributed by atoms with Gasteiger partial charge in [0.2, 0.25) is 0 Å². The van der Waals surface area contributed by atoms with E-state index in [1.54, 1.807) is 6.07 Å². The second kappa shape index (κ2) is 6.45. The number of ketones is 1. The Balaban J connectivity index is 1.40. The van der Waals surface area contributed by atoms with E-state index in [4.69, 9.17) is 0 Å². The zero-order valence-corrected chi connectivity index (χ0v) is 16.4. The molecule has 28 heavy (non-hydrogen) atoms. The Kier molecular flexibility index (Phi) is 4.02. The summed E-state index contributed by atoms with van der Waals surface area (Å²) in [6, 6.07) is 11.8. The van der Waals surface area contributed by atoms with Crippen molar-refractivity contribution in [3.05, 3.63) is 69.3 Å².